The van der Waals surface area contributed by atoms with E-state index < -0.39 is 6.09 Å². The average molecular weight is 171 g/mol. The Labute approximate surface area is 71.1 Å². The molecule has 0 bridgehead atoms. The Morgan fingerprint density at radius 2 is 2.08 bits per heavy atom. The molecule has 1 rings (SSSR count). The van der Waals surface area contributed by atoms with Crippen molar-refractivity contribution in [1.82, 2.24) is 0 Å². The van der Waals surface area contributed by atoms with E-state index in [-0.39, 0.29) is 12.0 Å². The van der Waals surface area contributed by atoms with Gasteiger partial charge in [0.25, 0.3) is 0 Å². The van der Waals surface area contributed by atoms with Crippen LogP contribution in [0.15, 0.2) is 0 Å². The van der Waals surface area contributed by atoms with Crippen LogP contribution in [-0.4, -0.2) is 18.5 Å². The number of hydrogen-bond acceptors (Lipinski definition) is 3. The van der Waals surface area contributed by atoms with Crippen molar-refractivity contribution in [3.8, 4) is 0 Å². The number of primary amides is 1. The zero-order chi connectivity index (χ0) is 8.97. The third-order valence-corrected chi connectivity index (χ3v) is 2.20. The molecule has 1 amide bonds. The number of rotatable bonds is 2. The van der Waals surface area contributed by atoms with Gasteiger partial charge in [-0.05, 0) is 19.3 Å². The van der Waals surface area contributed by atoms with Gasteiger partial charge in [-0.2, -0.15) is 0 Å². The van der Waals surface area contributed by atoms with E-state index in [9.17, 15) is 9.59 Å². The molecule has 4 heteroatoms. The summed E-state index contributed by atoms with van der Waals surface area (Å²) >= 11 is 0. The molecule has 1 aliphatic carbocycles. The number of aldehydes is 1. The molecular weight excluding hydrogens is 158 g/mol. The summed E-state index contributed by atoms with van der Waals surface area (Å²) in [5, 5.41) is 0. The number of nitrogens with two attached hydrogens (primary N) is 1. The van der Waals surface area contributed by atoms with E-state index in [1.807, 2.05) is 0 Å². The maximum Gasteiger partial charge on any atom is 0.404 e. The molecule has 12 heavy (non-hydrogen) atoms. The quantitative estimate of drug-likeness (QED) is 0.626. The van der Waals surface area contributed by atoms with E-state index in [4.69, 9.17) is 10.5 Å². The Hall–Kier alpha value is -1.06. The molecule has 0 aliphatic heterocycles. The highest BCUT2D eigenvalue weighted by molar-refractivity contribution is 5.65. The number of amides is 1. The Kier molecular flexibility index (Phi) is 3.08. The van der Waals surface area contributed by atoms with Crippen LogP contribution >= 0.6 is 0 Å². The number of carbonyl (C=O) groups excluding carboxylic acids is 2. The van der Waals surface area contributed by atoms with Crippen molar-refractivity contribution in [2.75, 3.05) is 0 Å². The average Bonchev–Trinajstić information content (AvgIpc) is 2.04. The van der Waals surface area contributed by atoms with E-state index in [2.05, 4.69) is 0 Å². The summed E-state index contributed by atoms with van der Waals surface area (Å²) in [6.07, 6.45) is 3.38. The second kappa shape index (κ2) is 4.09. The smallest absolute Gasteiger partial charge is 0.404 e. The summed E-state index contributed by atoms with van der Waals surface area (Å²) in [5.41, 5.74) is 4.86. The van der Waals surface area contributed by atoms with Gasteiger partial charge in [-0.3, -0.25) is 0 Å². The SMILES string of the molecule is NC(=O)O[C@H]1CCCC[C@H]1C=O. The molecule has 4 nitrogen and oxygen atoms in total. The minimum atomic E-state index is -0.784. The normalized spacial score (nSPS) is 29.3. The number of carbonyl (C=O) groups is 2. The first kappa shape index (κ1) is 9.03. The van der Waals surface area contributed by atoms with Crippen molar-refractivity contribution in [2.45, 2.75) is 31.8 Å². The van der Waals surface area contributed by atoms with Crippen LogP contribution < -0.4 is 5.73 Å². The van der Waals surface area contributed by atoms with Crippen molar-refractivity contribution >= 4 is 12.4 Å². The third-order valence-electron chi connectivity index (χ3n) is 2.20. The molecule has 1 aliphatic rings. The highest BCUT2D eigenvalue weighted by atomic mass is 16.6. The lowest BCUT2D eigenvalue weighted by atomic mass is 9.87. The lowest BCUT2D eigenvalue weighted by molar-refractivity contribution is -0.115. The van der Waals surface area contributed by atoms with Gasteiger partial charge >= 0.3 is 6.09 Å². The van der Waals surface area contributed by atoms with Crippen LogP contribution in [0.4, 0.5) is 4.79 Å². The summed E-state index contributed by atoms with van der Waals surface area (Å²) in [6.45, 7) is 0. The highest BCUT2D eigenvalue weighted by Crippen LogP contribution is 2.25. The van der Waals surface area contributed by atoms with Crippen LogP contribution in [0.1, 0.15) is 25.7 Å². The Balaban J connectivity index is 2.46. The summed E-state index contributed by atoms with van der Waals surface area (Å²) in [5.74, 6) is -0.147. The largest absolute Gasteiger partial charge is 0.446 e. The topological polar surface area (TPSA) is 69.4 Å². The molecule has 0 unspecified atom stereocenters. The molecule has 0 spiro atoms. The number of hydrogen-bond donors (Lipinski definition) is 1. The van der Waals surface area contributed by atoms with Crippen molar-refractivity contribution in [3.63, 3.8) is 0 Å². The monoisotopic (exact) mass is 171 g/mol. The van der Waals surface area contributed by atoms with E-state index in [1.54, 1.807) is 0 Å². The molecule has 68 valence electrons. The molecule has 0 aromatic rings. The Morgan fingerprint density at radius 3 is 2.67 bits per heavy atom. The van der Waals surface area contributed by atoms with E-state index in [0.717, 1.165) is 32.0 Å². The first-order valence-corrected chi connectivity index (χ1v) is 4.15. The lowest BCUT2D eigenvalue weighted by Crippen LogP contribution is -2.32. The fraction of sp³-hybridized carbons (Fsp3) is 0.750. The maximum absolute atomic E-state index is 10.5. The Bertz CT molecular complexity index is 181. The molecule has 0 heterocycles. The van der Waals surface area contributed by atoms with Crippen molar-refractivity contribution < 1.29 is 14.3 Å². The van der Waals surface area contributed by atoms with Gasteiger partial charge in [0, 0.05) is 0 Å². The fourth-order valence-corrected chi connectivity index (χ4v) is 1.58. The maximum atomic E-state index is 10.5. The van der Waals surface area contributed by atoms with Gasteiger partial charge in [0.05, 0.1) is 5.92 Å². The van der Waals surface area contributed by atoms with Gasteiger partial charge < -0.3 is 15.3 Å². The molecule has 1 saturated carbocycles. The molecule has 0 radical (unpaired) electrons. The second-order valence-electron chi connectivity index (χ2n) is 3.06. The van der Waals surface area contributed by atoms with Crippen LogP contribution in [0.3, 0.4) is 0 Å². The first-order valence-electron chi connectivity index (χ1n) is 4.15. The minimum absolute atomic E-state index is 0.147. The molecule has 1 fully saturated rings. The van der Waals surface area contributed by atoms with Crippen molar-refractivity contribution in [2.24, 2.45) is 11.7 Å². The Morgan fingerprint density at radius 1 is 1.42 bits per heavy atom. The van der Waals surface area contributed by atoms with Crippen LogP contribution in [0, 0.1) is 5.92 Å². The van der Waals surface area contributed by atoms with Gasteiger partial charge in [0.1, 0.15) is 12.4 Å². The molecule has 0 aromatic heterocycles. The molecule has 0 aromatic carbocycles. The van der Waals surface area contributed by atoms with Gasteiger partial charge in [0.15, 0.2) is 0 Å². The predicted octanol–water partition coefficient (Wildman–Crippen LogP) is 0.839. The van der Waals surface area contributed by atoms with Crippen LogP contribution in [0.25, 0.3) is 0 Å². The first-order chi connectivity index (χ1) is 5.74. The standard InChI is InChI=1S/C8H13NO3/c9-8(11)12-7-4-2-1-3-6(7)5-10/h5-7H,1-4H2,(H2,9,11)/t6-,7-/m0/s1. The summed E-state index contributed by atoms with van der Waals surface area (Å²) in [4.78, 5) is 20.9. The second-order valence-corrected chi connectivity index (χ2v) is 3.06. The van der Waals surface area contributed by atoms with Crippen molar-refractivity contribution in [1.29, 1.82) is 0 Å². The van der Waals surface area contributed by atoms with Gasteiger partial charge in [-0.15, -0.1) is 0 Å². The van der Waals surface area contributed by atoms with Crippen LogP contribution in [0.2, 0.25) is 0 Å². The zero-order valence-electron chi connectivity index (χ0n) is 6.86. The van der Waals surface area contributed by atoms with Gasteiger partial charge in [-0.25, -0.2) is 4.79 Å². The number of ether oxygens (including phenoxy) is 1. The summed E-state index contributed by atoms with van der Waals surface area (Å²) in [6, 6.07) is 0. The molecule has 2 atom stereocenters. The van der Waals surface area contributed by atoms with Crippen LogP contribution in [0.5, 0.6) is 0 Å². The predicted molar refractivity (Wildman–Crippen MR) is 42.5 cm³/mol. The van der Waals surface area contributed by atoms with E-state index >= 15 is 0 Å². The zero-order valence-corrected chi connectivity index (χ0v) is 6.86. The summed E-state index contributed by atoms with van der Waals surface area (Å²) < 4.78 is 4.80. The van der Waals surface area contributed by atoms with Gasteiger partial charge in [-0.1, -0.05) is 6.42 Å². The third kappa shape index (κ3) is 2.22. The highest BCUT2D eigenvalue weighted by Gasteiger charge is 2.26. The molecule has 0 saturated heterocycles. The van der Waals surface area contributed by atoms with E-state index in [0.29, 0.717) is 0 Å². The molecular formula is C8H13NO3. The van der Waals surface area contributed by atoms with E-state index in [1.165, 1.54) is 0 Å². The summed E-state index contributed by atoms with van der Waals surface area (Å²) in [7, 11) is 0. The lowest BCUT2D eigenvalue weighted by Gasteiger charge is -2.26. The minimum Gasteiger partial charge on any atom is -0.446 e. The van der Waals surface area contributed by atoms with Gasteiger partial charge in [0.2, 0.25) is 0 Å². The van der Waals surface area contributed by atoms with Crippen molar-refractivity contribution in [3.05, 3.63) is 0 Å². The fourth-order valence-electron chi connectivity index (χ4n) is 1.58. The van der Waals surface area contributed by atoms with Crippen LogP contribution in [-0.2, 0) is 9.53 Å². The molecule has 2 N–H and O–H groups in total.